The predicted octanol–water partition coefficient (Wildman–Crippen LogP) is 3.68. The highest BCUT2D eigenvalue weighted by Gasteiger charge is 2.07. The maximum Gasteiger partial charge on any atom is 0.143 e. The average molecular weight is 281 g/mol. The topological polar surface area (TPSA) is 47.3 Å². The van der Waals surface area contributed by atoms with Crippen molar-refractivity contribution in [3.63, 3.8) is 0 Å². The van der Waals surface area contributed by atoms with E-state index in [0.29, 0.717) is 17.9 Å². The lowest BCUT2D eigenvalue weighted by Crippen LogP contribution is -2.04. The van der Waals surface area contributed by atoms with Gasteiger partial charge >= 0.3 is 0 Å². The number of anilines is 2. The molecule has 0 fully saturated rings. The zero-order chi connectivity index (χ0) is 13.8. The fourth-order valence-corrected chi connectivity index (χ4v) is 1.93. The summed E-state index contributed by atoms with van der Waals surface area (Å²) >= 11 is 5.65. The number of hydrogen-bond donors (Lipinski definition) is 2. The summed E-state index contributed by atoms with van der Waals surface area (Å²) in [6.07, 6.45) is 0. The van der Waals surface area contributed by atoms with Crippen molar-refractivity contribution in [1.82, 2.24) is 0 Å². The number of benzene rings is 2. The Morgan fingerprint density at radius 3 is 2.79 bits per heavy atom. The molecule has 2 rings (SSSR count). The summed E-state index contributed by atoms with van der Waals surface area (Å²) in [6.45, 7) is 0.481. The van der Waals surface area contributed by atoms with Crippen LogP contribution in [0.3, 0.4) is 0 Å². The van der Waals surface area contributed by atoms with Crippen LogP contribution in [0.2, 0.25) is 5.02 Å². The van der Waals surface area contributed by atoms with E-state index in [1.54, 1.807) is 7.11 Å². The highest BCUT2D eigenvalue weighted by molar-refractivity contribution is 6.31. The quantitative estimate of drug-likeness (QED) is 0.840. The second-order valence-electron chi connectivity index (χ2n) is 4.02. The van der Waals surface area contributed by atoms with Crippen molar-refractivity contribution in [2.24, 2.45) is 0 Å². The first-order chi connectivity index (χ1) is 9.11. The fourth-order valence-electron chi connectivity index (χ4n) is 1.75. The molecule has 0 saturated heterocycles. The van der Waals surface area contributed by atoms with E-state index in [2.05, 4.69) is 5.32 Å². The van der Waals surface area contributed by atoms with E-state index in [0.717, 1.165) is 11.3 Å². The number of halogens is 2. The van der Waals surface area contributed by atoms with Gasteiger partial charge in [-0.3, -0.25) is 0 Å². The van der Waals surface area contributed by atoms with Crippen molar-refractivity contribution in [3.8, 4) is 5.75 Å². The van der Waals surface area contributed by atoms with Gasteiger partial charge in [0.1, 0.15) is 11.6 Å². The molecule has 0 heterocycles. The molecule has 0 aliphatic carbocycles. The molecule has 0 aromatic heterocycles. The van der Waals surface area contributed by atoms with Gasteiger partial charge in [-0.25, -0.2) is 4.39 Å². The third-order valence-corrected chi connectivity index (χ3v) is 3.04. The van der Waals surface area contributed by atoms with E-state index in [-0.39, 0.29) is 5.02 Å². The molecule has 0 aliphatic heterocycles. The number of rotatable bonds is 4. The van der Waals surface area contributed by atoms with Gasteiger partial charge in [0.2, 0.25) is 0 Å². The lowest BCUT2D eigenvalue weighted by molar-refractivity contribution is 0.410. The van der Waals surface area contributed by atoms with E-state index >= 15 is 0 Å². The van der Waals surface area contributed by atoms with Crippen LogP contribution in [0.15, 0.2) is 36.4 Å². The van der Waals surface area contributed by atoms with Gasteiger partial charge < -0.3 is 15.8 Å². The SMILES string of the molecule is COc1ccccc1CNc1cc(F)c(Cl)cc1N. The van der Waals surface area contributed by atoms with Crippen LogP contribution in [0.25, 0.3) is 0 Å². The maximum absolute atomic E-state index is 13.4. The molecule has 0 aliphatic rings. The molecule has 3 nitrogen and oxygen atoms in total. The molecule has 100 valence electrons. The molecular formula is C14H14ClFN2O. The van der Waals surface area contributed by atoms with E-state index < -0.39 is 5.82 Å². The summed E-state index contributed by atoms with van der Waals surface area (Å²) in [7, 11) is 1.61. The summed E-state index contributed by atoms with van der Waals surface area (Å²) in [6, 6.07) is 10.3. The van der Waals surface area contributed by atoms with Crippen LogP contribution in [0.1, 0.15) is 5.56 Å². The highest BCUT2D eigenvalue weighted by atomic mass is 35.5. The normalized spacial score (nSPS) is 10.3. The Balaban J connectivity index is 2.17. The van der Waals surface area contributed by atoms with E-state index in [4.69, 9.17) is 22.1 Å². The number of para-hydroxylation sites is 1. The van der Waals surface area contributed by atoms with E-state index in [1.807, 2.05) is 24.3 Å². The summed E-state index contributed by atoms with van der Waals surface area (Å²) < 4.78 is 18.6. The van der Waals surface area contributed by atoms with Crippen LogP contribution in [-0.4, -0.2) is 7.11 Å². The molecule has 2 aromatic carbocycles. The van der Waals surface area contributed by atoms with Crippen LogP contribution in [0.4, 0.5) is 15.8 Å². The molecule has 3 N–H and O–H groups in total. The van der Waals surface area contributed by atoms with Gasteiger partial charge in [-0.05, 0) is 12.1 Å². The number of nitrogens with two attached hydrogens (primary N) is 1. The Kier molecular flexibility index (Phi) is 4.12. The molecular weight excluding hydrogens is 267 g/mol. The largest absolute Gasteiger partial charge is 0.496 e. The Labute approximate surface area is 116 Å². The van der Waals surface area contributed by atoms with Crippen LogP contribution < -0.4 is 15.8 Å². The zero-order valence-electron chi connectivity index (χ0n) is 10.4. The van der Waals surface area contributed by atoms with Gasteiger partial charge in [-0.1, -0.05) is 29.8 Å². The minimum atomic E-state index is -0.501. The smallest absolute Gasteiger partial charge is 0.143 e. The molecule has 0 spiro atoms. The number of hydrogen-bond acceptors (Lipinski definition) is 3. The van der Waals surface area contributed by atoms with Crippen molar-refractivity contribution in [1.29, 1.82) is 0 Å². The summed E-state index contributed by atoms with van der Waals surface area (Å²) in [5.41, 5.74) is 7.65. The molecule has 0 unspecified atom stereocenters. The first-order valence-corrected chi connectivity index (χ1v) is 6.10. The van der Waals surface area contributed by atoms with Gasteiger partial charge in [-0.2, -0.15) is 0 Å². The number of nitrogens with one attached hydrogen (secondary N) is 1. The first kappa shape index (κ1) is 13.5. The molecule has 0 atom stereocenters. The summed E-state index contributed by atoms with van der Waals surface area (Å²) in [4.78, 5) is 0. The van der Waals surface area contributed by atoms with E-state index in [9.17, 15) is 4.39 Å². The first-order valence-electron chi connectivity index (χ1n) is 5.72. The number of ether oxygens (including phenoxy) is 1. The molecule has 5 heteroatoms. The molecule has 0 amide bonds. The third kappa shape index (κ3) is 3.09. The molecule has 0 radical (unpaired) electrons. The van der Waals surface area contributed by atoms with Gasteiger partial charge in [0, 0.05) is 18.2 Å². The minimum Gasteiger partial charge on any atom is -0.496 e. The maximum atomic E-state index is 13.4. The monoisotopic (exact) mass is 280 g/mol. The number of nitrogen functional groups attached to an aromatic ring is 1. The molecule has 0 saturated carbocycles. The lowest BCUT2D eigenvalue weighted by Gasteiger charge is -2.12. The lowest BCUT2D eigenvalue weighted by atomic mass is 10.2. The molecule has 2 aromatic rings. The van der Waals surface area contributed by atoms with Gasteiger partial charge in [-0.15, -0.1) is 0 Å². The Morgan fingerprint density at radius 1 is 1.32 bits per heavy atom. The van der Waals surface area contributed by atoms with Crippen molar-refractivity contribution in [2.45, 2.75) is 6.54 Å². The molecule has 0 bridgehead atoms. The zero-order valence-corrected chi connectivity index (χ0v) is 11.2. The van der Waals surface area contributed by atoms with Crippen molar-refractivity contribution in [2.75, 3.05) is 18.2 Å². The van der Waals surface area contributed by atoms with Crippen molar-refractivity contribution >= 4 is 23.0 Å². The fraction of sp³-hybridized carbons (Fsp3) is 0.143. The second kappa shape index (κ2) is 5.80. The standard InChI is InChI=1S/C14H14ClFN2O/c1-19-14-5-3-2-4-9(14)8-18-13-7-11(16)10(15)6-12(13)17/h2-7,18H,8,17H2,1H3. The predicted molar refractivity (Wildman–Crippen MR) is 76.1 cm³/mol. The van der Waals surface area contributed by atoms with Crippen molar-refractivity contribution < 1.29 is 9.13 Å². The Bertz CT molecular complexity index is 590. The number of methoxy groups -OCH3 is 1. The Hall–Kier alpha value is -1.94. The highest BCUT2D eigenvalue weighted by Crippen LogP contribution is 2.27. The van der Waals surface area contributed by atoms with Crippen LogP contribution in [0, 0.1) is 5.82 Å². The summed E-state index contributed by atoms with van der Waals surface area (Å²) in [5, 5.41) is 3.08. The third-order valence-electron chi connectivity index (χ3n) is 2.75. The van der Waals surface area contributed by atoms with Crippen LogP contribution in [0.5, 0.6) is 5.75 Å². The second-order valence-corrected chi connectivity index (χ2v) is 4.43. The van der Waals surface area contributed by atoms with Gasteiger partial charge in [0.25, 0.3) is 0 Å². The molecule has 19 heavy (non-hydrogen) atoms. The average Bonchev–Trinajstić information content (AvgIpc) is 2.41. The van der Waals surface area contributed by atoms with Gasteiger partial charge in [0.05, 0.1) is 23.5 Å². The Morgan fingerprint density at radius 2 is 2.05 bits per heavy atom. The summed E-state index contributed by atoms with van der Waals surface area (Å²) in [5.74, 6) is 0.265. The minimum absolute atomic E-state index is 0.0142. The van der Waals surface area contributed by atoms with Crippen LogP contribution >= 0.6 is 11.6 Å². The van der Waals surface area contributed by atoms with Gasteiger partial charge in [0.15, 0.2) is 0 Å². The van der Waals surface area contributed by atoms with E-state index in [1.165, 1.54) is 12.1 Å². The van der Waals surface area contributed by atoms with Crippen molar-refractivity contribution in [3.05, 3.63) is 52.8 Å². The van der Waals surface area contributed by atoms with Crippen LogP contribution in [-0.2, 0) is 6.54 Å².